The van der Waals surface area contributed by atoms with Crippen LogP contribution in [0.1, 0.15) is 19.8 Å². The molecule has 0 atom stereocenters. The minimum absolute atomic E-state index is 0.311. The Bertz CT molecular complexity index is 860. The lowest BCUT2D eigenvalue weighted by Gasteiger charge is -2.16. The molecule has 0 saturated heterocycles. The number of anilines is 2. The molecule has 0 heterocycles. The van der Waals surface area contributed by atoms with E-state index in [4.69, 9.17) is 14.2 Å². The van der Waals surface area contributed by atoms with Gasteiger partial charge in [0, 0.05) is 17.4 Å². The van der Waals surface area contributed by atoms with Crippen LogP contribution >= 0.6 is 0 Å². The van der Waals surface area contributed by atoms with E-state index in [0.29, 0.717) is 42.3 Å². The molecule has 0 bridgehead atoms. The fraction of sp³-hybridized carbons (Fsp3) is 0.333. The van der Waals surface area contributed by atoms with Crippen molar-refractivity contribution in [1.82, 2.24) is 0 Å². The van der Waals surface area contributed by atoms with Crippen LogP contribution in [-0.4, -0.2) is 32.6 Å². The highest BCUT2D eigenvalue weighted by Crippen LogP contribution is 2.47. The van der Waals surface area contributed by atoms with E-state index in [1.165, 1.54) is 7.11 Å². The van der Waals surface area contributed by atoms with Gasteiger partial charge in [-0.2, -0.15) is 0 Å². The topological polar surface area (TPSA) is 85.9 Å². The molecular weight excluding hydrogens is 360 g/mol. The van der Waals surface area contributed by atoms with Crippen LogP contribution in [-0.2, 0) is 9.59 Å². The first-order valence-electron chi connectivity index (χ1n) is 9.10. The van der Waals surface area contributed by atoms with Crippen molar-refractivity contribution in [3.8, 4) is 17.2 Å². The number of methoxy groups -OCH3 is 2. The summed E-state index contributed by atoms with van der Waals surface area (Å²) in [6.07, 6.45) is 1.02. The van der Waals surface area contributed by atoms with Gasteiger partial charge in [-0.15, -0.1) is 0 Å². The summed E-state index contributed by atoms with van der Waals surface area (Å²) in [6, 6.07) is 12.1. The third-order valence-corrected chi connectivity index (χ3v) is 4.68. The summed E-state index contributed by atoms with van der Waals surface area (Å²) in [5.74, 6) is 1.16. The highest BCUT2D eigenvalue weighted by molar-refractivity contribution is 6.16. The predicted molar refractivity (Wildman–Crippen MR) is 106 cm³/mol. The number of carbonyl (C=O) groups is 2. The molecule has 1 aliphatic rings. The molecule has 3 rings (SSSR count). The molecule has 2 N–H and O–H groups in total. The second-order valence-corrected chi connectivity index (χ2v) is 6.52. The maximum absolute atomic E-state index is 12.8. The summed E-state index contributed by atoms with van der Waals surface area (Å²) >= 11 is 0. The standard InChI is InChI=1S/C21H24N2O5/c1-4-28-16-8-5-14(6-9-16)22-19(24)21(11-12-21)20(25)23-15-7-10-17(26-2)18(13-15)27-3/h5-10,13H,4,11-12H2,1-3H3,(H,22,24)(H,23,25). The van der Waals surface area contributed by atoms with Crippen LogP contribution in [0.2, 0.25) is 0 Å². The average molecular weight is 384 g/mol. The van der Waals surface area contributed by atoms with Gasteiger partial charge in [-0.05, 0) is 56.2 Å². The molecule has 7 heteroatoms. The molecule has 2 amide bonds. The minimum atomic E-state index is -1.05. The molecule has 7 nitrogen and oxygen atoms in total. The Morgan fingerprint density at radius 2 is 1.46 bits per heavy atom. The van der Waals surface area contributed by atoms with Gasteiger partial charge in [-0.3, -0.25) is 9.59 Å². The zero-order chi connectivity index (χ0) is 20.1. The first kappa shape index (κ1) is 19.5. The molecule has 1 saturated carbocycles. The summed E-state index contributed by atoms with van der Waals surface area (Å²) in [6.45, 7) is 2.48. The van der Waals surface area contributed by atoms with E-state index in [9.17, 15) is 9.59 Å². The summed E-state index contributed by atoms with van der Waals surface area (Å²) in [5, 5.41) is 5.63. The van der Waals surface area contributed by atoms with Crippen molar-refractivity contribution in [2.24, 2.45) is 5.41 Å². The number of ether oxygens (including phenoxy) is 3. The molecule has 0 aromatic heterocycles. The Kier molecular flexibility index (Phi) is 5.73. The van der Waals surface area contributed by atoms with E-state index in [0.717, 1.165) is 5.75 Å². The fourth-order valence-electron chi connectivity index (χ4n) is 2.90. The Balaban J connectivity index is 1.67. The molecule has 0 radical (unpaired) electrons. The largest absolute Gasteiger partial charge is 0.494 e. The quantitative estimate of drug-likeness (QED) is 0.681. The van der Waals surface area contributed by atoms with Crippen molar-refractivity contribution in [3.05, 3.63) is 42.5 Å². The van der Waals surface area contributed by atoms with Gasteiger partial charge in [0.1, 0.15) is 11.2 Å². The van der Waals surface area contributed by atoms with E-state index in [2.05, 4.69) is 10.6 Å². The van der Waals surface area contributed by atoms with Crippen LogP contribution in [0.5, 0.6) is 17.2 Å². The second kappa shape index (κ2) is 8.21. The van der Waals surface area contributed by atoms with Crippen LogP contribution in [0.15, 0.2) is 42.5 Å². The van der Waals surface area contributed by atoms with E-state index >= 15 is 0 Å². The normalized spacial score (nSPS) is 14.0. The molecule has 0 spiro atoms. The van der Waals surface area contributed by atoms with Gasteiger partial charge < -0.3 is 24.8 Å². The number of carbonyl (C=O) groups excluding carboxylic acids is 2. The van der Waals surface area contributed by atoms with Crippen LogP contribution in [0.25, 0.3) is 0 Å². The van der Waals surface area contributed by atoms with Gasteiger partial charge in [0.05, 0.1) is 20.8 Å². The van der Waals surface area contributed by atoms with E-state index < -0.39 is 5.41 Å². The van der Waals surface area contributed by atoms with Gasteiger partial charge in [0.25, 0.3) is 0 Å². The highest BCUT2D eigenvalue weighted by Gasteiger charge is 2.56. The molecule has 0 unspecified atom stereocenters. The Labute approximate surface area is 164 Å². The molecule has 2 aromatic rings. The summed E-state index contributed by atoms with van der Waals surface area (Å²) in [5.41, 5.74) is 0.118. The van der Waals surface area contributed by atoms with Gasteiger partial charge >= 0.3 is 0 Å². The molecule has 1 fully saturated rings. The van der Waals surface area contributed by atoms with Crippen LogP contribution in [0.3, 0.4) is 0 Å². The van der Waals surface area contributed by atoms with Crippen LogP contribution < -0.4 is 24.8 Å². The lowest BCUT2D eigenvalue weighted by molar-refractivity contribution is -0.131. The number of benzene rings is 2. The number of hydrogen-bond acceptors (Lipinski definition) is 5. The molecule has 1 aliphatic carbocycles. The molecule has 148 valence electrons. The smallest absolute Gasteiger partial charge is 0.240 e. The molecule has 2 aromatic carbocycles. The molecule has 28 heavy (non-hydrogen) atoms. The van der Waals surface area contributed by atoms with Crippen LogP contribution in [0.4, 0.5) is 11.4 Å². The first-order chi connectivity index (χ1) is 13.5. The maximum Gasteiger partial charge on any atom is 0.240 e. The third-order valence-electron chi connectivity index (χ3n) is 4.68. The minimum Gasteiger partial charge on any atom is -0.494 e. The van der Waals surface area contributed by atoms with Crippen molar-refractivity contribution in [3.63, 3.8) is 0 Å². The van der Waals surface area contributed by atoms with Gasteiger partial charge in [-0.25, -0.2) is 0 Å². The Hall–Kier alpha value is -3.22. The van der Waals surface area contributed by atoms with Gasteiger partial charge in [0.15, 0.2) is 11.5 Å². The number of nitrogens with one attached hydrogen (secondary N) is 2. The highest BCUT2D eigenvalue weighted by atomic mass is 16.5. The fourth-order valence-corrected chi connectivity index (χ4v) is 2.90. The molecular formula is C21H24N2O5. The summed E-state index contributed by atoms with van der Waals surface area (Å²) in [4.78, 5) is 25.5. The van der Waals surface area contributed by atoms with Crippen molar-refractivity contribution in [2.45, 2.75) is 19.8 Å². The first-order valence-corrected chi connectivity index (χ1v) is 9.10. The zero-order valence-corrected chi connectivity index (χ0v) is 16.2. The zero-order valence-electron chi connectivity index (χ0n) is 16.2. The maximum atomic E-state index is 12.8. The lowest BCUT2D eigenvalue weighted by atomic mass is 10.0. The number of rotatable bonds is 8. The summed E-state index contributed by atoms with van der Waals surface area (Å²) < 4.78 is 15.8. The lowest BCUT2D eigenvalue weighted by Crippen LogP contribution is -2.35. The monoisotopic (exact) mass is 384 g/mol. The third kappa shape index (κ3) is 4.03. The molecule has 0 aliphatic heterocycles. The predicted octanol–water partition coefficient (Wildman–Crippen LogP) is 3.46. The van der Waals surface area contributed by atoms with Crippen LogP contribution in [0, 0.1) is 5.41 Å². The van der Waals surface area contributed by atoms with Crippen molar-refractivity contribution in [2.75, 3.05) is 31.5 Å². The van der Waals surface area contributed by atoms with E-state index in [-0.39, 0.29) is 11.8 Å². The van der Waals surface area contributed by atoms with Gasteiger partial charge in [-0.1, -0.05) is 0 Å². The van der Waals surface area contributed by atoms with Crippen molar-refractivity contribution in [1.29, 1.82) is 0 Å². The van der Waals surface area contributed by atoms with Gasteiger partial charge in [0.2, 0.25) is 11.8 Å². The van der Waals surface area contributed by atoms with E-state index in [1.54, 1.807) is 49.6 Å². The Morgan fingerprint density at radius 3 is 2.00 bits per heavy atom. The Morgan fingerprint density at radius 1 is 0.893 bits per heavy atom. The van der Waals surface area contributed by atoms with Crippen molar-refractivity contribution >= 4 is 23.2 Å². The SMILES string of the molecule is CCOc1ccc(NC(=O)C2(C(=O)Nc3ccc(OC)c(OC)c3)CC2)cc1. The average Bonchev–Trinajstić information content (AvgIpc) is 3.52. The second-order valence-electron chi connectivity index (χ2n) is 6.52. The number of amides is 2. The summed E-state index contributed by atoms with van der Waals surface area (Å²) in [7, 11) is 3.07. The number of hydrogen-bond donors (Lipinski definition) is 2. The van der Waals surface area contributed by atoms with E-state index in [1.807, 2.05) is 6.92 Å². The van der Waals surface area contributed by atoms with Crippen molar-refractivity contribution < 1.29 is 23.8 Å².